The molecule has 1 aromatic carbocycles. The molecular weight excluding hydrogens is 446 g/mol. The van der Waals surface area contributed by atoms with E-state index in [-0.39, 0.29) is 11.6 Å². The number of hydrogen-bond donors (Lipinski definition) is 1. The van der Waals surface area contributed by atoms with Crippen LogP contribution in [-0.2, 0) is 14.3 Å². The minimum atomic E-state index is -0.530. The van der Waals surface area contributed by atoms with E-state index in [1.165, 1.54) is 11.3 Å². The summed E-state index contributed by atoms with van der Waals surface area (Å²) in [6.45, 7) is 16.7. The van der Waals surface area contributed by atoms with Crippen LogP contribution >= 0.6 is 22.9 Å². The zero-order valence-electron chi connectivity index (χ0n) is 20.4. The van der Waals surface area contributed by atoms with Crippen LogP contribution < -0.4 is 5.73 Å². The van der Waals surface area contributed by atoms with Gasteiger partial charge in [-0.3, -0.25) is 0 Å². The number of carbonyl (C=O) groups excluding carboxylic acids is 2. The second kappa shape index (κ2) is 13.4. The van der Waals surface area contributed by atoms with Gasteiger partial charge in [-0.2, -0.15) is 0 Å². The minimum absolute atomic E-state index is 0.0417. The predicted octanol–water partition coefficient (Wildman–Crippen LogP) is 7.11. The molecule has 7 heteroatoms. The lowest BCUT2D eigenvalue weighted by molar-refractivity contribution is -0.107. The number of esters is 1. The van der Waals surface area contributed by atoms with Crippen molar-refractivity contribution in [2.45, 2.75) is 66.1 Å². The molecule has 1 aromatic heterocycles. The molecule has 0 atom stereocenters. The molecular formula is C25H36ClNO4S. The van der Waals surface area contributed by atoms with E-state index in [0.29, 0.717) is 22.0 Å². The highest BCUT2D eigenvalue weighted by molar-refractivity contribution is 7.18. The van der Waals surface area contributed by atoms with E-state index in [0.717, 1.165) is 22.3 Å². The average Bonchev–Trinajstić information content (AvgIpc) is 2.97. The Labute approximate surface area is 201 Å². The standard InChI is InChI=1S/C16H18ClNO2S.C5H12O.C4H6O/c1-9-12(17)14(10-6-5-7-11(18)8-10)21-13(9)15(19)20-16(2,3)4;1-5(2,3)6-4;1-2-3-4-5/h5-8H,18H2,1-4H3;1-4H3;2,4H,1,3H2. The van der Waals surface area contributed by atoms with Crippen LogP contribution in [0, 0.1) is 6.92 Å². The molecule has 0 aliphatic heterocycles. The molecule has 0 fully saturated rings. The van der Waals surface area contributed by atoms with Crippen molar-refractivity contribution in [3.8, 4) is 10.4 Å². The summed E-state index contributed by atoms with van der Waals surface area (Å²) in [4.78, 5) is 23.0. The van der Waals surface area contributed by atoms with Crippen molar-refractivity contribution in [2.24, 2.45) is 0 Å². The van der Waals surface area contributed by atoms with Gasteiger partial charge in [-0.25, -0.2) is 4.79 Å². The molecule has 1 heterocycles. The van der Waals surface area contributed by atoms with Crippen LogP contribution in [-0.4, -0.2) is 30.6 Å². The molecule has 0 aliphatic rings. The number of thiophene rings is 1. The van der Waals surface area contributed by atoms with Crippen molar-refractivity contribution in [1.82, 2.24) is 0 Å². The molecule has 0 aliphatic carbocycles. The molecule has 0 bridgehead atoms. The average molecular weight is 482 g/mol. The van der Waals surface area contributed by atoms with E-state index in [1.54, 1.807) is 13.2 Å². The van der Waals surface area contributed by atoms with Gasteiger partial charge >= 0.3 is 5.97 Å². The number of nitrogen functional groups attached to an aromatic ring is 1. The van der Waals surface area contributed by atoms with Gasteiger partial charge in [0, 0.05) is 19.2 Å². The van der Waals surface area contributed by atoms with Gasteiger partial charge in [0.1, 0.15) is 16.8 Å². The number of rotatable bonds is 4. The lowest BCUT2D eigenvalue weighted by Crippen LogP contribution is -2.23. The molecule has 0 saturated carbocycles. The third kappa shape index (κ3) is 11.5. The first kappa shape index (κ1) is 29.9. The number of anilines is 1. The van der Waals surface area contributed by atoms with Gasteiger partial charge in [0.2, 0.25) is 0 Å². The quantitative estimate of drug-likeness (QED) is 0.218. The van der Waals surface area contributed by atoms with Crippen molar-refractivity contribution in [3.63, 3.8) is 0 Å². The van der Waals surface area contributed by atoms with Gasteiger partial charge in [-0.1, -0.05) is 29.8 Å². The zero-order valence-corrected chi connectivity index (χ0v) is 21.9. The number of allylic oxidation sites excluding steroid dienone is 1. The third-order valence-corrected chi connectivity index (χ3v) is 5.59. The molecule has 0 spiro atoms. The molecule has 0 radical (unpaired) electrons. The van der Waals surface area contributed by atoms with Gasteiger partial charge < -0.3 is 20.0 Å². The molecule has 0 saturated heterocycles. The number of ether oxygens (including phenoxy) is 2. The van der Waals surface area contributed by atoms with E-state index in [1.807, 2.05) is 72.7 Å². The second-order valence-electron chi connectivity index (χ2n) is 8.83. The fraction of sp³-hybridized carbons (Fsp3) is 0.440. The maximum Gasteiger partial charge on any atom is 0.349 e. The maximum atomic E-state index is 12.2. The van der Waals surface area contributed by atoms with E-state index < -0.39 is 5.60 Å². The van der Waals surface area contributed by atoms with Crippen molar-refractivity contribution < 1.29 is 19.1 Å². The van der Waals surface area contributed by atoms with Gasteiger partial charge in [-0.05, 0) is 71.7 Å². The Kier molecular flexibility index (Phi) is 12.5. The van der Waals surface area contributed by atoms with Crippen molar-refractivity contribution in [1.29, 1.82) is 0 Å². The van der Waals surface area contributed by atoms with E-state index >= 15 is 0 Å². The number of hydrogen-bond acceptors (Lipinski definition) is 6. The molecule has 0 unspecified atom stereocenters. The minimum Gasteiger partial charge on any atom is -0.456 e. The van der Waals surface area contributed by atoms with Crippen LogP contribution in [0.2, 0.25) is 5.02 Å². The number of benzene rings is 1. The van der Waals surface area contributed by atoms with Crippen molar-refractivity contribution >= 4 is 40.9 Å². The Bertz CT molecular complexity index is 886. The fourth-order valence-corrected chi connectivity index (χ4v) is 3.39. The number of methoxy groups -OCH3 is 1. The summed E-state index contributed by atoms with van der Waals surface area (Å²) < 4.78 is 10.4. The van der Waals surface area contributed by atoms with Crippen LogP contribution in [0.25, 0.3) is 10.4 Å². The maximum absolute atomic E-state index is 12.2. The second-order valence-corrected chi connectivity index (χ2v) is 10.2. The van der Waals surface area contributed by atoms with Crippen LogP contribution in [0.15, 0.2) is 36.9 Å². The van der Waals surface area contributed by atoms with Crippen molar-refractivity contribution in [3.05, 3.63) is 52.4 Å². The first-order valence-electron chi connectivity index (χ1n) is 10.1. The van der Waals surface area contributed by atoms with Gasteiger partial charge in [0.25, 0.3) is 0 Å². The monoisotopic (exact) mass is 481 g/mol. The fourth-order valence-electron chi connectivity index (χ4n) is 1.95. The number of nitrogens with two attached hydrogens (primary N) is 1. The summed E-state index contributed by atoms with van der Waals surface area (Å²) in [5, 5.41) is 0.575. The first-order chi connectivity index (χ1) is 14.7. The number of aldehydes is 1. The van der Waals surface area contributed by atoms with Crippen LogP contribution in [0.1, 0.15) is 63.2 Å². The Morgan fingerprint density at radius 3 is 2.12 bits per heavy atom. The highest BCUT2D eigenvalue weighted by Gasteiger charge is 2.24. The molecule has 2 aromatic rings. The summed E-state index contributed by atoms with van der Waals surface area (Å²) in [7, 11) is 1.71. The Morgan fingerprint density at radius 2 is 1.75 bits per heavy atom. The zero-order chi connectivity index (χ0) is 25.1. The SMILES string of the molecule is C=CCC=O.COC(C)(C)C.Cc1c(C(=O)OC(C)(C)C)sc(-c2cccc(N)c2)c1Cl. The highest BCUT2D eigenvalue weighted by Crippen LogP contribution is 2.41. The Morgan fingerprint density at radius 1 is 1.19 bits per heavy atom. The summed E-state index contributed by atoms with van der Waals surface area (Å²) >= 11 is 7.71. The van der Waals surface area contributed by atoms with Gasteiger partial charge in [0.15, 0.2) is 0 Å². The lowest BCUT2D eigenvalue weighted by atomic mass is 10.1. The Hall–Kier alpha value is -2.15. The van der Waals surface area contributed by atoms with E-state index in [9.17, 15) is 9.59 Å². The molecule has 32 heavy (non-hydrogen) atoms. The predicted molar refractivity (Wildman–Crippen MR) is 137 cm³/mol. The normalized spacial score (nSPS) is 10.8. The largest absolute Gasteiger partial charge is 0.456 e. The molecule has 178 valence electrons. The number of halogens is 1. The van der Waals surface area contributed by atoms with Crippen LogP contribution in [0.3, 0.4) is 0 Å². The summed E-state index contributed by atoms with van der Waals surface area (Å²) in [6.07, 6.45) is 2.85. The van der Waals surface area contributed by atoms with Crippen molar-refractivity contribution in [2.75, 3.05) is 12.8 Å². The summed E-state index contributed by atoms with van der Waals surface area (Å²) in [5.41, 5.74) is 7.62. The van der Waals surface area contributed by atoms with E-state index in [4.69, 9.17) is 26.8 Å². The number of carbonyl (C=O) groups is 2. The first-order valence-corrected chi connectivity index (χ1v) is 11.3. The summed E-state index contributed by atoms with van der Waals surface area (Å²) in [5.74, 6) is -0.345. The van der Waals surface area contributed by atoms with Crippen LogP contribution in [0.5, 0.6) is 0 Å². The van der Waals surface area contributed by atoms with Crippen LogP contribution in [0.4, 0.5) is 5.69 Å². The third-order valence-electron chi connectivity index (χ3n) is 3.68. The molecule has 2 rings (SSSR count). The molecule has 5 nitrogen and oxygen atoms in total. The van der Waals surface area contributed by atoms with Gasteiger partial charge in [-0.15, -0.1) is 17.9 Å². The molecule has 2 N–H and O–H groups in total. The molecule has 0 amide bonds. The summed E-state index contributed by atoms with van der Waals surface area (Å²) in [6, 6.07) is 7.44. The van der Waals surface area contributed by atoms with Gasteiger partial charge in [0.05, 0.1) is 15.5 Å². The smallest absolute Gasteiger partial charge is 0.349 e. The topological polar surface area (TPSA) is 78.6 Å². The lowest BCUT2D eigenvalue weighted by Gasteiger charge is -2.19. The Balaban J connectivity index is 0.000000726. The van der Waals surface area contributed by atoms with E-state index in [2.05, 4.69) is 6.58 Å². The highest BCUT2D eigenvalue weighted by atomic mass is 35.5.